The molecule has 0 aliphatic heterocycles. The minimum absolute atomic E-state index is 0.0714. The second-order valence-corrected chi connectivity index (χ2v) is 11.3. The normalized spacial score (nSPS) is 13.9. The van der Waals surface area contributed by atoms with Crippen molar-refractivity contribution in [2.24, 2.45) is 0 Å². The van der Waals surface area contributed by atoms with Gasteiger partial charge in [0.2, 0.25) is 5.91 Å². The highest BCUT2D eigenvalue weighted by Crippen LogP contribution is 2.24. The van der Waals surface area contributed by atoms with E-state index in [0.717, 1.165) is 24.2 Å². The number of esters is 1. The Morgan fingerprint density at radius 1 is 0.977 bits per heavy atom. The summed E-state index contributed by atoms with van der Waals surface area (Å²) >= 11 is 0. The fraction of sp³-hybridized carbons (Fsp3) is 0.406. The first-order chi connectivity index (χ1) is 21.0. The fourth-order valence-corrected chi connectivity index (χ4v) is 4.58. The van der Waals surface area contributed by atoms with Crippen LogP contribution in [-0.4, -0.2) is 58.6 Å². The van der Waals surface area contributed by atoms with E-state index >= 15 is 0 Å². The number of benzene rings is 1. The summed E-state index contributed by atoms with van der Waals surface area (Å²) in [5.41, 5.74) is 1.72. The number of pyridine rings is 1. The van der Waals surface area contributed by atoms with Crippen molar-refractivity contribution in [1.82, 2.24) is 25.4 Å². The predicted octanol–water partition coefficient (Wildman–Crippen LogP) is 4.41. The van der Waals surface area contributed by atoms with E-state index in [1.54, 1.807) is 63.2 Å². The Morgan fingerprint density at radius 2 is 1.70 bits per heavy atom. The summed E-state index contributed by atoms with van der Waals surface area (Å²) < 4.78 is 22.9. The minimum Gasteiger partial charge on any atom is -0.497 e. The van der Waals surface area contributed by atoms with Crippen LogP contribution in [0.2, 0.25) is 0 Å². The van der Waals surface area contributed by atoms with Gasteiger partial charge in [-0.15, -0.1) is 0 Å². The zero-order chi connectivity index (χ0) is 31.7. The molecule has 12 heteroatoms. The van der Waals surface area contributed by atoms with E-state index in [1.165, 1.54) is 7.11 Å². The molecule has 234 valence electrons. The van der Waals surface area contributed by atoms with Gasteiger partial charge >= 0.3 is 12.1 Å². The molecule has 4 rings (SSSR count). The molecule has 0 fully saturated rings. The lowest BCUT2D eigenvalue weighted by molar-refractivity contribution is -0.136. The number of methoxy groups -OCH3 is 2. The van der Waals surface area contributed by atoms with Crippen LogP contribution in [0.15, 0.2) is 66.1 Å². The largest absolute Gasteiger partial charge is 0.497 e. The molecule has 3 aromatic rings. The molecular formula is C32H39N5O7. The monoisotopic (exact) mass is 605 g/mol. The lowest BCUT2D eigenvalue weighted by atomic mass is 9.96. The van der Waals surface area contributed by atoms with E-state index in [1.807, 2.05) is 24.3 Å². The van der Waals surface area contributed by atoms with Crippen molar-refractivity contribution in [1.29, 1.82) is 0 Å². The summed E-state index contributed by atoms with van der Waals surface area (Å²) in [6.45, 7) is 5.59. The van der Waals surface area contributed by atoms with Crippen molar-refractivity contribution in [3.8, 4) is 17.3 Å². The number of hydrogen-bond donors (Lipinski definition) is 2. The van der Waals surface area contributed by atoms with Crippen LogP contribution >= 0.6 is 0 Å². The Kier molecular flexibility index (Phi) is 10.6. The molecule has 1 aliphatic carbocycles. The van der Waals surface area contributed by atoms with Crippen LogP contribution in [0.1, 0.15) is 57.7 Å². The molecule has 0 bridgehead atoms. The molecule has 2 amide bonds. The number of alkyl carbamates (subject to hydrolysis) is 1. The summed E-state index contributed by atoms with van der Waals surface area (Å²) in [5, 5.41) is 10.1. The smallest absolute Gasteiger partial charge is 0.408 e. The van der Waals surface area contributed by atoms with Gasteiger partial charge in [0.05, 0.1) is 31.7 Å². The van der Waals surface area contributed by atoms with Crippen molar-refractivity contribution in [2.45, 2.75) is 71.1 Å². The Bertz CT molecular complexity index is 1470. The molecule has 12 nitrogen and oxygen atoms in total. The van der Waals surface area contributed by atoms with Gasteiger partial charge in [-0.05, 0) is 82.3 Å². The maximum atomic E-state index is 13.4. The molecule has 2 N–H and O–H groups in total. The number of rotatable bonds is 11. The Labute approximate surface area is 256 Å². The van der Waals surface area contributed by atoms with E-state index in [2.05, 4.69) is 20.7 Å². The average molecular weight is 606 g/mol. The molecule has 2 aromatic heterocycles. The van der Waals surface area contributed by atoms with Crippen LogP contribution in [-0.2, 0) is 32.1 Å². The second-order valence-electron chi connectivity index (χ2n) is 11.3. The van der Waals surface area contributed by atoms with Crippen LogP contribution in [0.5, 0.6) is 11.5 Å². The Balaban J connectivity index is 1.45. The maximum absolute atomic E-state index is 13.4. The highest BCUT2D eigenvalue weighted by Gasteiger charge is 2.28. The van der Waals surface area contributed by atoms with E-state index in [4.69, 9.17) is 18.9 Å². The molecule has 0 saturated carbocycles. The summed E-state index contributed by atoms with van der Waals surface area (Å²) in [7, 11) is 2.93. The number of amides is 2. The molecule has 0 spiro atoms. The zero-order valence-corrected chi connectivity index (χ0v) is 25.7. The summed E-state index contributed by atoms with van der Waals surface area (Å²) in [5.74, 6) is 0.961. The van der Waals surface area contributed by atoms with E-state index < -0.39 is 29.6 Å². The van der Waals surface area contributed by atoms with Crippen molar-refractivity contribution >= 4 is 18.0 Å². The van der Waals surface area contributed by atoms with Gasteiger partial charge in [0.25, 0.3) is 0 Å². The molecule has 1 aromatic carbocycles. The van der Waals surface area contributed by atoms with Crippen LogP contribution in [0, 0.1) is 0 Å². The lowest BCUT2D eigenvalue weighted by Gasteiger charge is -2.25. The number of carbonyl (C=O) groups excluding carboxylic acids is 3. The predicted molar refractivity (Wildman–Crippen MR) is 161 cm³/mol. The van der Waals surface area contributed by atoms with Crippen LogP contribution in [0.4, 0.5) is 4.79 Å². The van der Waals surface area contributed by atoms with E-state index in [9.17, 15) is 14.4 Å². The van der Waals surface area contributed by atoms with Gasteiger partial charge in [-0.2, -0.15) is 5.10 Å². The summed E-state index contributed by atoms with van der Waals surface area (Å²) in [6.07, 6.45) is 5.34. The van der Waals surface area contributed by atoms with Gasteiger partial charge in [0.1, 0.15) is 29.7 Å². The van der Waals surface area contributed by atoms with Crippen molar-refractivity contribution < 1.29 is 33.3 Å². The molecule has 2 heterocycles. The van der Waals surface area contributed by atoms with Gasteiger partial charge in [0, 0.05) is 18.3 Å². The number of nitrogens with one attached hydrogen (secondary N) is 2. The van der Waals surface area contributed by atoms with Gasteiger partial charge in [-0.3, -0.25) is 4.79 Å². The molecule has 1 unspecified atom stereocenters. The van der Waals surface area contributed by atoms with Crippen LogP contribution in [0.25, 0.3) is 5.82 Å². The third-order valence-corrected chi connectivity index (χ3v) is 6.76. The zero-order valence-electron chi connectivity index (χ0n) is 25.7. The third kappa shape index (κ3) is 9.06. The van der Waals surface area contributed by atoms with Crippen molar-refractivity contribution in [3.63, 3.8) is 0 Å². The SMILES string of the molecule is COC(=O)C1=C(NC(=O)C(Cc2ccn(-c3ccc(OCc4ccc(OC)cc4)cn3)n2)NC(=O)OC(C)(C)C)CCCC1. The van der Waals surface area contributed by atoms with E-state index in [-0.39, 0.29) is 6.42 Å². The Hall–Kier alpha value is -4.87. The molecule has 1 atom stereocenters. The van der Waals surface area contributed by atoms with Gasteiger partial charge in [-0.1, -0.05) is 12.1 Å². The quantitative estimate of drug-likeness (QED) is 0.304. The molecule has 1 aliphatic rings. The van der Waals surface area contributed by atoms with Gasteiger partial charge in [0.15, 0.2) is 5.82 Å². The first-order valence-corrected chi connectivity index (χ1v) is 14.4. The Morgan fingerprint density at radius 3 is 2.36 bits per heavy atom. The van der Waals surface area contributed by atoms with Crippen LogP contribution < -0.4 is 20.1 Å². The highest BCUT2D eigenvalue weighted by atomic mass is 16.6. The molecule has 44 heavy (non-hydrogen) atoms. The van der Waals surface area contributed by atoms with Gasteiger partial charge in [-0.25, -0.2) is 19.3 Å². The first kappa shape index (κ1) is 32.1. The fourth-order valence-electron chi connectivity index (χ4n) is 4.58. The molecular weight excluding hydrogens is 566 g/mol. The lowest BCUT2D eigenvalue weighted by Crippen LogP contribution is -2.49. The number of hydrogen-bond acceptors (Lipinski definition) is 9. The summed E-state index contributed by atoms with van der Waals surface area (Å²) in [4.78, 5) is 42.8. The van der Waals surface area contributed by atoms with Crippen molar-refractivity contribution in [2.75, 3.05) is 14.2 Å². The number of nitrogens with zero attached hydrogens (tertiary/aromatic N) is 3. The first-order valence-electron chi connectivity index (χ1n) is 14.4. The summed E-state index contributed by atoms with van der Waals surface area (Å²) in [6, 6.07) is 11.9. The number of ether oxygens (including phenoxy) is 4. The third-order valence-electron chi connectivity index (χ3n) is 6.76. The highest BCUT2D eigenvalue weighted by molar-refractivity contribution is 5.92. The second kappa shape index (κ2) is 14.5. The molecule has 0 saturated heterocycles. The number of carbonyl (C=O) groups is 3. The molecule has 0 radical (unpaired) electrons. The van der Waals surface area contributed by atoms with Crippen LogP contribution in [0.3, 0.4) is 0 Å². The average Bonchev–Trinajstić information content (AvgIpc) is 3.47. The minimum atomic E-state index is -1.02. The van der Waals surface area contributed by atoms with E-state index in [0.29, 0.717) is 48.0 Å². The van der Waals surface area contributed by atoms with Crippen molar-refractivity contribution in [3.05, 3.63) is 77.4 Å². The maximum Gasteiger partial charge on any atom is 0.408 e. The topological polar surface area (TPSA) is 143 Å². The number of aromatic nitrogens is 3. The van der Waals surface area contributed by atoms with Gasteiger partial charge < -0.3 is 29.6 Å². The number of allylic oxidation sites excluding steroid dienone is 1. The standard InChI is InChI=1S/C32H39N5O7/c1-32(2,3)44-31(40)35-27(29(38)34-26-9-7-6-8-25(26)30(39)42-5)18-22-16-17-37(36-22)28-15-14-24(19-33-28)43-20-21-10-12-23(41-4)13-11-21/h10-17,19,27H,6-9,18,20H2,1-5H3,(H,34,38)(H,35,40).